The average molecular weight is 273 g/mol. The number of benzene rings is 1. The van der Waals surface area contributed by atoms with Crippen molar-refractivity contribution in [3.63, 3.8) is 0 Å². The molecule has 0 spiro atoms. The van der Waals surface area contributed by atoms with Gasteiger partial charge in [-0.1, -0.05) is 36.4 Å². The molecule has 0 aromatic heterocycles. The number of fused-ring (bicyclic) bond motifs is 1. The molecule has 2 aliphatic rings. The lowest BCUT2D eigenvalue weighted by atomic mass is 9.92. The monoisotopic (exact) mass is 273 g/mol. The van der Waals surface area contributed by atoms with Gasteiger partial charge >= 0.3 is 5.97 Å². The number of rotatable bonds is 5. The van der Waals surface area contributed by atoms with E-state index in [9.17, 15) is 4.79 Å². The third-order valence-corrected chi connectivity index (χ3v) is 4.17. The highest BCUT2D eigenvalue weighted by atomic mass is 16.9. The van der Waals surface area contributed by atoms with E-state index < -0.39 is 11.3 Å². The van der Waals surface area contributed by atoms with Crippen molar-refractivity contribution in [2.24, 2.45) is 0 Å². The van der Waals surface area contributed by atoms with Crippen molar-refractivity contribution in [3.05, 3.63) is 48.6 Å². The topological polar surface area (TPSA) is 41.8 Å². The molecule has 0 radical (unpaired) electrons. The standard InChI is InChI=1S/C16H19NO3/c1-3-10-15(14(18)19-4-2)11-12-16(17(15)20-16)13-8-6-5-7-9-13/h3,5-9H,1,4,10-12H2,2H3/t15-,16+,17?/m1/s1. The van der Waals surface area contributed by atoms with Gasteiger partial charge < -0.3 is 4.74 Å². The van der Waals surface area contributed by atoms with Crippen molar-refractivity contribution < 1.29 is 14.4 Å². The first kappa shape index (κ1) is 13.3. The Labute approximate surface area is 118 Å². The maximum absolute atomic E-state index is 12.4. The summed E-state index contributed by atoms with van der Waals surface area (Å²) in [4.78, 5) is 18.2. The van der Waals surface area contributed by atoms with Gasteiger partial charge in [-0.25, -0.2) is 4.79 Å². The number of hydroxylamine groups is 2. The Kier molecular flexibility index (Phi) is 3.15. The Morgan fingerprint density at radius 2 is 2.20 bits per heavy atom. The number of carbonyl (C=O) groups excluding carboxylic acids is 1. The molecular weight excluding hydrogens is 254 g/mol. The SMILES string of the molecule is C=CC[C@]1(C(=O)OCC)CC[C@@]2(c3ccccc3)ON12. The van der Waals surface area contributed by atoms with Gasteiger partial charge in [-0.2, -0.15) is 0 Å². The van der Waals surface area contributed by atoms with Crippen molar-refractivity contribution in [2.75, 3.05) is 6.61 Å². The Hall–Kier alpha value is -1.65. The number of ether oxygens (including phenoxy) is 1. The normalized spacial score (nSPS) is 34.4. The van der Waals surface area contributed by atoms with E-state index in [0.29, 0.717) is 13.0 Å². The molecule has 1 unspecified atom stereocenters. The van der Waals surface area contributed by atoms with Crippen molar-refractivity contribution in [1.82, 2.24) is 5.06 Å². The van der Waals surface area contributed by atoms with Gasteiger partial charge in [0.1, 0.15) is 0 Å². The molecule has 1 aromatic carbocycles. The predicted octanol–water partition coefficient (Wildman–Crippen LogP) is 2.76. The molecule has 2 fully saturated rings. The molecular formula is C16H19NO3. The fourth-order valence-electron chi connectivity index (χ4n) is 3.16. The van der Waals surface area contributed by atoms with Crippen LogP contribution < -0.4 is 0 Å². The maximum atomic E-state index is 12.4. The van der Waals surface area contributed by atoms with Gasteiger partial charge in [0.05, 0.1) is 6.61 Å². The third kappa shape index (κ3) is 1.72. The second-order valence-electron chi connectivity index (χ2n) is 5.28. The summed E-state index contributed by atoms with van der Waals surface area (Å²) in [6.07, 6.45) is 3.83. The molecule has 0 N–H and O–H groups in total. The molecule has 0 aliphatic carbocycles. The summed E-state index contributed by atoms with van der Waals surface area (Å²) in [5.41, 5.74) is -0.0693. The molecule has 3 rings (SSSR count). The third-order valence-electron chi connectivity index (χ3n) is 4.17. The van der Waals surface area contributed by atoms with Crippen LogP contribution >= 0.6 is 0 Å². The summed E-state index contributed by atoms with van der Waals surface area (Å²) in [5.74, 6) is -0.213. The van der Waals surface area contributed by atoms with E-state index in [1.807, 2.05) is 42.3 Å². The molecule has 3 atom stereocenters. The molecule has 2 saturated heterocycles. The summed E-state index contributed by atoms with van der Waals surface area (Å²) in [5, 5.41) is 1.81. The molecule has 4 heteroatoms. The van der Waals surface area contributed by atoms with E-state index in [4.69, 9.17) is 9.57 Å². The Bertz CT molecular complexity index is 530. The fourth-order valence-corrected chi connectivity index (χ4v) is 3.16. The molecule has 106 valence electrons. The molecule has 2 heterocycles. The van der Waals surface area contributed by atoms with Crippen LogP contribution in [0.15, 0.2) is 43.0 Å². The zero-order valence-corrected chi connectivity index (χ0v) is 11.7. The van der Waals surface area contributed by atoms with Crippen molar-refractivity contribution >= 4 is 5.97 Å². The summed E-state index contributed by atoms with van der Waals surface area (Å²) in [6, 6.07) is 10.0. The molecule has 0 amide bonds. The quantitative estimate of drug-likeness (QED) is 0.470. The highest BCUT2D eigenvalue weighted by Gasteiger charge is 2.73. The van der Waals surface area contributed by atoms with Crippen molar-refractivity contribution in [1.29, 1.82) is 0 Å². The van der Waals surface area contributed by atoms with Crippen LogP contribution in [0.3, 0.4) is 0 Å². The van der Waals surface area contributed by atoms with Gasteiger partial charge in [0.2, 0.25) is 0 Å². The predicted molar refractivity (Wildman–Crippen MR) is 74.5 cm³/mol. The second kappa shape index (κ2) is 4.72. The maximum Gasteiger partial charge on any atom is 0.329 e. The second-order valence-corrected chi connectivity index (χ2v) is 5.28. The zero-order chi connectivity index (χ0) is 14.2. The van der Waals surface area contributed by atoms with E-state index in [1.54, 1.807) is 6.08 Å². The minimum absolute atomic E-state index is 0.213. The molecule has 0 bridgehead atoms. The summed E-state index contributed by atoms with van der Waals surface area (Å²) >= 11 is 0. The number of hydrogen-bond acceptors (Lipinski definition) is 4. The Morgan fingerprint density at radius 3 is 2.80 bits per heavy atom. The van der Waals surface area contributed by atoms with Gasteiger partial charge in [0.25, 0.3) is 0 Å². The molecule has 20 heavy (non-hydrogen) atoms. The number of esters is 1. The van der Waals surface area contributed by atoms with Crippen molar-refractivity contribution in [2.45, 2.75) is 37.5 Å². The first-order valence-corrected chi connectivity index (χ1v) is 7.03. The van der Waals surface area contributed by atoms with Crippen LogP contribution in [0.2, 0.25) is 0 Å². The van der Waals surface area contributed by atoms with E-state index in [1.165, 1.54) is 0 Å². The summed E-state index contributed by atoms with van der Waals surface area (Å²) in [7, 11) is 0. The first-order chi connectivity index (χ1) is 9.69. The van der Waals surface area contributed by atoms with Gasteiger partial charge in [-0.05, 0) is 19.8 Å². The minimum Gasteiger partial charge on any atom is -0.465 e. The van der Waals surface area contributed by atoms with E-state index in [-0.39, 0.29) is 5.97 Å². The summed E-state index contributed by atoms with van der Waals surface area (Å²) in [6.45, 7) is 5.97. The van der Waals surface area contributed by atoms with Crippen LogP contribution in [0, 0.1) is 0 Å². The van der Waals surface area contributed by atoms with Gasteiger partial charge in [0, 0.05) is 12.0 Å². The van der Waals surface area contributed by atoms with Crippen LogP contribution in [0.1, 0.15) is 31.7 Å². The van der Waals surface area contributed by atoms with Crippen LogP contribution in [-0.2, 0) is 20.1 Å². The van der Waals surface area contributed by atoms with E-state index >= 15 is 0 Å². The smallest absolute Gasteiger partial charge is 0.329 e. The van der Waals surface area contributed by atoms with Crippen LogP contribution in [0.4, 0.5) is 0 Å². The molecule has 0 saturated carbocycles. The van der Waals surface area contributed by atoms with Gasteiger partial charge in [-0.3, -0.25) is 4.84 Å². The minimum atomic E-state index is -0.715. The lowest BCUT2D eigenvalue weighted by Crippen LogP contribution is -2.45. The largest absolute Gasteiger partial charge is 0.465 e. The Balaban J connectivity index is 1.90. The first-order valence-electron chi connectivity index (χ1n) is 7.03. The lowest BCUT2D eigenvalue weighted by molar-refractivity contribution is -0.158. The fraction of sp³-hybridized carbons (Fsp3) is 0.438. The van der Waals surface area contributed by atoms with Crippen LogP contribution in [0.5, 0.6) is 0 Å². The van der Waals surface area contributed by atoms with Crippen LogP contribution in [0.25, 0.3) is 0 Å². The van der Waals surface area contributed by atoms with Crippen molar-refractivity contribution in [3.8, 4) is 0 Å². The van der Waals surface area contributed by atoms with E-state index in [0.717, 1.165) is 18.4 Å². The van der Waals surface area contributed by atoms with Gasteiger partial charge in [-0.15, -0.1) is 11.6 Å². The molecule has 2 aliphatic heterocycles. The highest BCUT2D eigenvalue weighted by Crippen LogP contribution is 2.61. The van der Waals surface area contributed by atoms with Gasteiger partial charge in [0.15, 0.2) is 11.3 Å². The average Bonchev–Trinajstić information content (AvgIpc) is 3.14. The molecule has 4 nitrogen and oxygen atoms in total. The Morgan fingerprint density at radius 1 is 1.45 bits per heavy atom. The number of hydrogen-bond donors (Lipinski definition) is 0. The highest BCUT2D eigenvalue weighted by molar-refractivity contribution is 5.82. The zero-order valence-electron chi connectivity index (χ0n) is 11.7. The number of carbonyl (C=O) groups is 1. The van der Waals surface area contributed by atoms with Crippen LogP contribution in [-0.4, -0.2) is 23.2 Å². The molecule has 1 aromatic rings. The van der Waals surface area contributed by atoms with E-state index in [2.05, 4.69) is 6.58 Å². The number of nitrogens with zero attached hydrogens (tertiary/aromatic N) is 1. The summed E-state index contributed by atoms with van der Waals surface area (Å²) < 4.78 is 5.25. The lowest BCUT2D eigenvalue weighted by Gasteiger charge is -2.25.